The number of fused-ring (bicyclic) bond motifs is 2. The van der Waals surface area contributed by atoms with Crippen molar-refractivity contribution in [1.29, 1.82) is 0 Å². The molecule has 1 aliphatic heterocycles. The standard InChI is InChI=1S/C27H26N6OS.C2H6/c1-31-12-14-32(15-13-31)21-8-6-19(7-9-21)20-16-29-27-25(17-30-33(27)18-20)23-10-11-26(35(28)34)24-5-3-2-4-22(23)24;1-2/h2-11,16-18H,12-15,28H2,1H3;1-2H3. The van der Waals surface area contributed by atoms with E-state index < -0.39 is 11.0 Å². The number of hydrogen-bond acceptors (Lipinski definition) is 5. The molecule has 0 saturated carbocycles. The number of hydrogen-bond donors (Lipinski definition) is 1. The van der Waals surface area contributed by atoms with Gasteiger partial charge in [-0.3, -0.25) is 0 Å². The number of nitrogens with zero attached hydrogens (tertiary/aromatic N) is 5. The van der Waals surface area contributed by atoms with Crippen LogP contribution in [0.3, 0.4) is 0 Å². The maximum absolute atomic E-state index is 12.0. The highest BCUT2D eigenvalue weighted by molar-refractivity contribution is 7.83. The zero-order chi connectivity index (χ0) is 25.9. The highest BCUT2D eigenvalue weighted by atomic mass is 32.2. The summed E-state index contributed by atoms with van der Waals surface area (Å²) in [5, 5.41) is 12.2. The largest absolute Gasteiger partial charge is 0.369 e. The van der Waals surface area contributed by atoms with Crippen molar-refractivity contribution < 1.29 is 4.21 Å². The number of piperazine rings is 1. The molecule has 1 aliphatic rings. The van der Waals surface area contributed by atoms with E-state index in [4.69, 9.17) is 10.1 Å². The zero-order valence-electron chi connectivity index (χ0n) is 21.5. The van der Waals surface area contributed by atoms with Crippen LogP contribution in [0.5, 0.6) is 0 Å². The normalized spacial score (nSPS) is 15.0. The molecule has 3 aromatic carbocycles. The molecular formula is C29H32N6OS. The molecule has 1 fully saturated rings. The Hall–Kier alpha value is -3.59. The Bertz CT molecular complexity index is 1550. The number of rotatable bonds is 4. The van der Waals surface area contributed by atoms with E-state index in [2.05, 4.69) is 46.2 Å². The SMILES string of the molecule is CC.CN1CCN(c2ccc(-c3cnc4c(-c5ccc(S(N)=O)c6ccccc56)cnn4c3)cc2)CC1. The maximum Gasteiger partial charge on any atom is 0.162 e. The van der Waals surface area contributed by atoms with Gasteiger partial charge in [-0.2, -0.15) is 5.10 Å². The van der Waals surface area contributed by atoms with Gasteiger partial charge in [0.05, 0.1) is 11.1 Å². The van der Waals surface area contributed by atoms with Crippen molar-refractivity contribution in [3.05, 3.63) is 79.3 Å². The summed E-state index contributed by atoms with van der Waals surface area (Å²) in [6.45, 7) is 8.28. The summed E-state index contributed by atoms with van der Waals surface area (Å²) in [4.78, 5) is 10.2. The number of nitrogens with two attached hydrogens (primary N) is 1. The van der Waals surface area contributed by atoms with Crippen LogP contribution in [0.1, 0.15) is 13.8 Å². The smallest absolute Gasteiger partial charge is 0.162 e. The second-order valence-corrected chi connectivity index (χ2v) is 10.00. The fourth-order valence-corrected chi connectivity index (χ4v) is 5.42. The van der Waals surface area contributed by atoms with Crippen molar-refractivity contribution in [3.8, 4) is 22.3 Å². The molecule has 7 nitrogen and oxygen atoms in total. The van der Waals surface area contributed by atoms with Gasteiger partial charge in [-0.15, -0.1) is 0 Å². The minimum Gasteiger partial charge on any atom is -0.369 e. The average molecular weight is 513 g/mol. The number of anilines is 1. The molecule has 1 saturated heterocycles. The Balaban J connectivity index is 0.00000137. The monoisotopic (exact) mass is 512 g/mol. The molecule has 1 unspecified atom stereocenters. The molecular weight excluding hydrogens is 480 g/mol. The van der Waals surface area contributed by atoms with Crippen LogP contribution in [0.2, 0.25) is 0 Å². The molecule has 3 heterocycles. The Labute approximate surface area is 220 Å². The first-order chi connectivity index (χ1) is 18.1. The summed E-state index contributed by atoms with van der Waals surface area (Å²) in [5.41, 5.74) is 6.06. The van der Waals surface area contributed by atoms with Gasteiger partial charge in [0.1, 0.15) is 11.0 Å². The molecule has 190 valence electrons. The van der Waals surface area contributed by atoms with Gasteiger partial charge >= 0.3 is 0 Å². The molecule has 0 bridgehead atoms. The van der Waals surface area contributed by atoms with E-state index in [0.717, 1.165) is 64.9 Å². The minimum atomic E-state index is -1.56. The number of benzene rings is 3. The second-order valence-electron chi connectivity index (χ2n) is 8.96. The minimum absolute atomic E-state index is 0.621. The Morgan fingerprint density at radius 2 is 1.51 bits per heavy atom. The van der Waals surface area contributed by atoms with Gasteiger partial charge in [0, 0.05) is 55.4 Å². The third-order valence-corrected chi connectivity index (χ3v) is 7.61. The molecule has 2 N–H and O–H groups in total. The lowest BCUT2D eigenvalue weighted by Crippen LogP contribution is -2.44. The van der Waals surface area contributed by atoms with Crippen molar-refractivity contribution in [2.45, 2.75) is 18.7 Å². The first-order valence-electron chi connectivity index (χ1n) is 12.6. The van der Waals surface area contributed by atoms with Crippen LogP contribution in [0, 0.1) is 0 Å². The predicted octanol–water partition coefficient (Wildman–Crippen LogP) is 4.98. The Kier molecular flexibility index (Phi) is 7.32. The molecule has 0 aliphatic carbocycles. The quantitative estimate of drug-likeness (QED) is 0.368. The molecule has 8 heteroatoms. The van der Waals surface area contributed by atoms with Crippen LogP contribution >= 0.6 is 0 Å². The van der Waals surface area contributed by atoms with E-state index in [1.165, 1.54) is 5.69 Å². The van der Waals surface area contributed by atoms with Crippen molar-refractivity contribution in [2.75, 3.05) is 38.1 Å². The summed E-state index contributed by atoms with van der Waals surface area (Å²) in [7, 11) is 0.614. The van der Waals surface area contributed by atoms with Gasteiger partial charge in [0.25, 0.3) is 0 Å². The van der Waals surface area contributed by atoms with Crippen molar-refractivity contribution in [1.82, 2.24) is 19.5 Å². The van der Waals surface area contributed by atoms with Crippen LogP contribution < -0.4 is 10.0 Å². The molecule has 5 aromatic rings. The van der Waals surface area contributed by atoms with Gasteiger partial charge in [-0.05, 0) is 47.1 Å². The van der Waals surface area contributed by atoms with Crippen molar-refractivity contribution >= 4 is 33.1 Å². The second kappa shape index (κ2) is 10.8. The van der Waals surface area contributed by atoms with E-state index in [1.807, 2.05) is 73.4 Å². The van der Waals surface area contributed by atoms with E-state index in [0.29, 0.717) is 4.90 Å². The zero-order valence-corrected chi connectivity index (χ0v) is 22.3. The lowest BCUT2D eigenvalue weighted by Gasteiger charge is -2.34. The van der Waals surface area contributed by atoms with Crippen LogP contribution in [0.4, 0.5) is 5.69 Å². The highest BCUT2D eigenvalue weighted by Gasteiger charge is 2.16. The fourth-order valence-electron chi connectivity index (χ4n) is 4.82. The van der Waals surface area contributed by atoms with Crippen LogP contribution in [-0.2, 0) is 11.0 Å². The van der Waals surface area contributed by atoms with Gasteiger partial charge in [-0.1, -0.05) is 56.3 Å². The maximum atomic E-state index is 12.0. The Morgan fingerprint density at radius 1 is 0.811 bits per heavy atom. The van der Waals surface area contributed by atoms with Crippen LogP contribution in [0.15, 0.2) is 84.1 Å². The summed E-state index contributed by atoms with van der Waals surface area (Å²) in [6, 6.07) is 20.3. The van der Waals surface area contributed by atoms with Gasteiger partial charge in [0.15, 0.2) is 5.65 Å². The first-order valence-corrected chi connectivity index (χ1v) is 13.9. The van der Waals surface area contributed by atoms with Crippen molar-refractivity contribution in [3.63, 3.8) is 0 Å². The van der Waals surface area contributed by atoms with Crippen LogP contribution in [-0.4, -0.2) is 56.9 Å². The van der Waals surface area contributed by atoms with E-state index >= 15 is 0 Å². The van der Waals surface area contributed by atoms with Gasteiger partial charge < -0.3 is 9.80 Å². The van der Waals surface area contributed by atoms with E-state index in [1.54, 1.807) is 0 Å². The molecule has 37 heavy (non-hydrogen) atoms. The predicted molar refractivity (Wildman–Crippen MR) is 153 cm³/mol. The topological polar surface area (TPSA) is 79.8 Å². The third-order valence-electron chi connectivity index (χ3n) is 6.82. The first kappa shape index (κ1) is 25.1. The summed E-state index contributed by atoms with van der Waals surface area (Å²) < 4.78 is 13.8. The lowest BCUT2D eigenvalue weighted by atomic mass is 10.00. The summed E-state index contributed by atoms with van der Waals surface area (Å²) >= 11 is 0. The van der Waals surface area contributed by atoms with Gasteiger partial charge in [0.2, 0.25) is 0 Å². The number of aromatic nitrogens is 3. The molecule has 2 aromatic heterocycles. The Morgan fingerprint density at radius 3 is 2.22 bits per heavy atom. The third kappa shape index (κ3) is 4.87. The number of likely N-dealkylation sites (N-methyl/N-ethyl adjacent to an activating group) is 1. The molecule has 0 radical (unpaired) electrons. The highest BCUT2D eigenvalue weighted by Crippen LogP contribution is 2.34. The van der Waals surface area contributed by atoms with Gasteiger partial charge in [-0.25, -0.2) is 18.8 Å². The van der Waals surface area contributed by atoms with E-state index in [9.17, 15) is 4.21 Å². The summed E-state index contributed by atoms with van der Waals surface area (Å²) in [5.74, 6) is 0. The summed E-state index contributed by atoms with van der Waals surface area (Å²) in [6.07, 6.45) is 5.75. The lowest BCUT2D eigenvalue weighted by molar-refractivity contribution is 0.313. The molecule has 0 spiro atoms. The van der Waals surface area contributed by atoms with Crippen LogP contribution in [0.25, 0.3) is 38.7 Å². The average Bonchev–Trinajstić information content (AvgIpc) is 3.37. The molecule has 6 rings (SSSR count). The molecule has 0 amide bonds. The van der Waals surface area contributed by atoms with Crippen molar-refractivity contribution in [2.24, 2.45) is 5.14 Å². The fraction of sp³-hybridized carbons (Fsp3) is 0.241. The van der Waals surface area contributed by atoms with E-state index in [-0.39, 0.29) is 0 Å². The molecule has 1 atom stereocenters.